The van der Waals surface area contributed by atoms with Crippen LogP contribution in [0.3, 0.4) is 0 Å². The van der Waals surface area contributed by atoms with E-state index in [1.807, 2.05) is 12.1 Å². The summed E-state index contributed by atoms with van der Waals surface area (Å²) in [6, 6.07) is 3.82. The molecule has 1 rings (SSSR count). The fraction of sp³-hybridized carbons (Fsp3) is 0. The number of pyridine rings is 1. The van der Waals surface area contributed by atoms with E-state index in [2.05, 4.69) is 11.6 Å². The van der Waals surface area contributed by atoms with E-state index >= 15 is 0 Å². The second-order valence-corrected chi connectivity index (χ2v) is 1.57. The van der Waals surface area contributed by atoms with Crippen LogP contribution in [0.15, 0.2) is 31.1 Å². The first-order chi connectivity index (χ1) is 5.35. The fourth-order valence-electron chi connectivity index (χ4n) is 0.500. The van der Waals surface area contributed by atoms with Crippen LogP contribution in [0.25, 0.3) is 6.08 Å². The standard InChI is InChI=1S/C7H7N.HNO2/c1-2-7-3-5-8-6-4-7;2-1-3/h2-6H,1H2;1H. The van der Waals surface area contributed by atoms with Crippen molar-refractivity contribution in [2.75, 3.05) is 0 Å². The molecule has 0 amide bonds. The van der Waals surface area contributed by atoms with E-state index in [1.54, 1.807) is 18.5 Å². The Morgan fingerprint density at radius 1 is 1.55 bits per heavy atom. The molecule has 0 unspecified atom stereocenters. The zero-order valence-electron chi connectivity index (χ0n) is 5.86. The molecule has 0 saturated heterocycles. The van der Waals surface area contributed by atoms with E-state index in [0.29, 0.717) is 0 Å². The van der Waals surface area contributed by atoms with Gasteiger partial charge >= 0.3 is 0 Å². The molecule has 0 aliphatic heterocycles. The van der Waals surface area contributed by atoms with Gasteiger partial charge in [0, 0.05) is 17.7 Å². The van der Waals surface area contributed by atoms with Crippen LogP contribution in [0.4, 0.5) is 0 Å². The van der Waals surface area contributed by atoms with Gasteiger partial charge in [0.05, 0.1) is 0 Å². The predicted octanol–water partition coefficient (Wildman–Crippen LogP) is 0.0558. The molecule has 0 aromatic carbocycles. The van der Waals surface area contributed by atoms with E-state index in [0.717, 1.165) is 5.56 Å². The van der Waals surface area contributed by atoms with Gasteiger partial charge in [-0.2, -0.15) is 0 Å². The molecule has 58 valence electrons. The lowest BCUT2D eigenvalue weighted by Crippen LogP contribution is -2.53. The van der Waals surface area contributed by atoms with Crippen molar-refractivity contribution in [2.45, 2.75) is 0 Å². The van der Waals surface area contributed by atoms with Crippen LogP contribution in [-0.4, -0.2) is 4.98 Å². The molecule has 0 saturated carbocycles. The third-order valence-corrected chi connectivity index (χ3v) is 0.942. The molecule has 0 aliphatic rings. The van der Waals surface area contributed by atoms with Gasteiger partial charge in [0.2, 0.25) is 0 Å². The molecule has 4 nitrogen and oxygen atoms in total. The van der Waals surface area contributed by atoms with Crippen molar-refractivity contribution in [3.63, 3.8) is 0 Å². The van der Waals surface area contributed by atoms with Crippen molar-refractivity contribution >= 4 is 6.08 Å². The number of rotatable bonds is 1. The summed E-state index contributed by atoms with van der Waals surface area (Å²) >= 11 is 0. The minimum absolute atomic E-state index is 0.250. The molecular formula is C7H8N2O2. The molecule has 0 radical (unpaired) electrons. The van der Waals surface area contributed by atoms with Gasteiger partial charge in [0.1, 0.15) is 0 Å². The average Bonchev–Trinajstić information content (AvgIpc) is 2.08. The van der Waals surface area contributed by atoms with Gasteiger partial charge in [0.25, 0.3) is 0 Å². The van der Waals surface area contributed by atoms with E-state index in [4.69, 9.17) is 10.1 Å². The number of nitrogens with zero attached hydrogens (tertiary/aromatic N) is 1. The summed E-state index contributed by atoms with van der Waals surface area (Å²) in [5.74, 6) is 0. The molecule has 1 aromatic heterocycles. The van der Waals surface area contributed by atoms with Gasteiger partial charge < -0.3 is 0 Å². The second-order valence-electron chi connectivity index (χ2n) is 1.57. The molecule has 0 aliphatic carbocycles. The highest BCUT2D eigenvalue weighted by Gasteiger charge is 1.76. The van der Waals surface area contributed by atoms with Gasteiger partial charge in [-0.15, -0.1) is 0 Å². The van der Waals surface area contributed by atoms with Gasteiger partial charge in [-0.3, -0.25) is 15.1 Å². The molecule has 11 heavy (non-hydrogen) atoms. The lowest BCUT2D eigenvalue weighted by atomic mass is 10.3. The van der Waals surface area contributed by atoms with E-state index in [9.17, 15) is 0 Å². The van der Waals surface area contributed by atoms with Gasteiger partial charge in [-0.25, -0.2) is 0 Å². The SMILES string of the molecule is C=Cc1ccncc1.O=[NH+][O-]. The first-order valence-corrected chi connectivity index (χ1v) is 2.87. The van der Waals surface area contributed by atoms with Crippen LogP contribution >= 0.6 is 0 Å². The number of hydrogen-bond donors (Lipinski definition) is 1. The van der Waals surface area contributed by atoms with Crippen molar-refractivity contribution < 1.29 is 5.34 Å². The van der Waals surface area contributed by atoms with Crippen molar-refractivity contribution in [3.8, 4) is 0 Å². The fourth-order valence-corrected chi connectivity index (χ4v) is 0.500. The highest BCUT2D eigenvalue weighted by Crippen LogP contribution is 1.94. The Balaban J connectivity index is 0.000000292. The Morgan fingerprint density at radius 3 is 2.27 bits per heavy atom. The molecule has 1 aromatic rings. The largest absolute Gasteiger partial charge is 0.267 e. The monoisotopic (exact) mass is 152 g/mol. The summed E-state index contributed by atoms with van der Waals surface area (Å²) in [7, 11) is 0. The molecule has 0 fully saturated rings. The minimum Gasteiger partial charge on any atom is -0.267 e. The van der Waals surface area contributed by atoms with Crippen LogP contribution in [0.1, 0.15) is 5.56 Å². The maximum atomic E-state index is 8.12. The zero-order valence-corrected chi connectivity index (χ0v) is 5.86. The van der Waals surface area contributed by atoms with Crippen LogP contribution in [0.2, 0.25) is 0 Å². The smallest absolute Gasteiger partial charge is 0.0273 e. The lowest BCUT2D eigenvalue weighted by molar-refractivity contribution is -0.398. The zero-order chi connectivity index (χ0) is 8.53. The molecular weight excluding hydrogens is 144 g/mol. The van der Waals surface area contributed by atoms with Crippen molar-refractivity contribution in [2.24, 2.45) is 0 Å². The van der Waals surface area contributed by atoms with Crippen LogP contribution in [0.5, 0.6) is 0 Å². The Bertz CT molecular complexity index is 211. The number of aromatic nitrogens is 1. The Labute approximate surface area is 64.1 Å². The molecule has 1 N–H and O–H groups in total. The van der Waals surface area contributed by atoms with Gasteiger partial charge in [-0.1, -0.05) is 12.7 Å². The van der Waals surface area contributed by atoms with Crippen molar-refractivity contribution in [1.29, 1.82) is 0 Å². The third kappa shape index (κ3) is 4.77. The Morgan fingerprint density at radius 2 is 2.00 bits per heavy atom. The predicted molar refractivity (Wildman–Crippen MR) is 42.0 cm³/mol. The van der Waals surface area contributed by atoms with E-state index < -0.39 is 0 Å². The second kappa shape index (κ2) is 6.41. The topological polar surface area (TPSA) is 67.0 Å². The molecule has 0 atom stereocenters. The first-order valence-electron chi connectivity index (χ1n) is 2.87. The summed E-state index contributed by atoms with van der Waals surface area (Å²) in [6.07, 6.45) is 5.29. The Hall–Kier alpha value is -1.71. The summed E-state index contributed by atoms with van der Waals surface area (Å²) < 4.78 is 0. The average molecular weight is 152 g/mol. The van der Waals surface area contributed by atoms with Gasteiger partial charge in [-0.05, 0) is 17.7 Å². The molecule has 0 spiro atoms. The molecule has 1 heterocycles. The summed E-state index contributed by atoms with van der Waals surface area (Å²) in [4.78, 5) is 12.0. The van der Waals surface area contributed by atoms with Crippen LogP contribution < -0.4 is 5.34 Å². The van der Waals surface area contributed by atoms with E-state index in [1.165, 1.54) is 0 Å². The summed E-state index contributed by atoms with van der Waals surface area (Å²) in [5.41, 5.74) is 1.11. The third-order valence-electron chi connectivity index (χ3n) is 0.942. The maximum absolute atomic E-state index is 8.12. The highest BCUT2D eigenvalue weighted by molar-refractivity contribution is 5.44. The number of nitrogens with one attached hydrogen (secondary N) is 1. The molecule has 4 heteroatoms. The quantitative estimate of drug-likeness (QED) is 0.457. The van der Waals surface area contributed by atoms with Crippen molar-refractivity contribution in [3.05, 3.63) is 46.8 Å². The summed E-state index contributed by atoms with van der Waals surface area (Å²) in [6.45, 7) is 3.60. The minimum atomic E-state index is 0.250. The first kappa shape index (κ1) is 9.29. The normalized spacial score (nSPS) is 7.27. The lowest BCUT2D eigenvalue weighted by Gasteiger charge is -1.84. The highest BCUT2D eigenvalue weighted by atomic mass is 16.6. The van der Waals surface area contributed by atoms with Gasteiger partial charge in [0.15, 0.2) is 0 Å². The van der Waals surface area contributed by atoms with E-state index in [-0.39, 0.29) is 5.34 Å². The van der Waals surface area contributed by atoms with Crippen molar-refractivity contribution in [1.82, 2.24) is 4.98 Å². The van der Waals surface area contributed by atoms with Crippen LogP contribution in [0, 0.1) is 10.1 Å². The number of hydrogen-bond acceptors (Lipinski definition) is 3. The Kier molecular flexibility index (Phi) is 5.41. The summed E-state index contributed by atoms with van der Waals surface area (Å²) in [5, 5.41) is 8.38. The maximum Gasteiger partial charge on any atom is 0.0273 e. The molecule has 0 bridgehead atoms. The van der Waals surface area contributed by atoms with Crippen LogP contribution in [-0.2, 0) is 0 Å².